The molecule has 0 amide bonds. The van der Waals surface area contributed by atoms with Gasteiger partial charge in [0.1, 0.15) is 16.3 Å². The van der Waals surface area contributed by atoms with Gasteiger partial charge in [0, 0.05) is 6.04 Å². The van der Waals surface area contributed by atoms with Crippen molar-refractivity contribution < 1.29 is 9.84 Å². The van der Waals surface area contributed by atoms with Crippen LogP contribution in [0.1, 0.15) is 24.8 Å². The Balaban J connectivity index is 2.38. The Hall–Kier alpha value is -2.08. The average molecular weight is 292 g/mol. The van der Waals surface area contributed by atoms with Crippen LogP contribution in [0.3, 0.4) is 0 Å². The number of para-hydroxylation sites is 2. The first-order valence-corrected chi connectivity index (χ1v) is 6.97. The van der Waals surface area contributed by atoms with Gasteiger partial charge in [-0.3, -0.25) is 14.4 Å². The molecule has 106 valence electrons. The fraction of sp³-hybridized carbons (Fsp3) is 0.286. The number of hydrogen-bond acceptors (Lipinski definition) is 5. The van der Waals surface area contributed by atoms with Gasteiger partial charge in [-0.1, -0.05) is 23.5 Å². The van der Waals surface area contributed by atoms with Crippen LogP contribution in [0.5, 0.6) is 11.6 Å². The first-order chi connectivity index (χ1) is 9.54. The fourth-order valence-corrected chi connectivity index (χ4v) is 2.68. The Kier molecular flexibility index (Phi) is 4.24. The minimum absolute atomic E-state index is 0.0475. The van der Waals surface area contributed by atoms with Crippen LogP contribution in [0.4, 0.5) is 5.69 Å². The molecule has 2 rings (SSSR count). The molecule has 6 heteroatoms. The highest BCUT2D eigenvalue weighted by Crippen LogP contribution is 2.27. The number of hydrogen-bond donors (Lipinski definition) is 1. The van der Waals surface area contributed by atoms with E-state index in [2.05, 4.69) is 4.99 Å². The Labute approximate surface area is 120 Å². The highest BCUT2D eigenvalue weighted by atomic mass is 32.1. The first-order valence-electron chi connectivity index (χ1n) is 6.16. The summed E-state index contributed by atoms with van der Waals surface area (Å²) in [4.78, 5) is 16.3. The Bertz CT molecular complexity index is 686. The van der Waals surface area contributed by atoms with Crippen molar-refractivity contribution >= 4 is 23.2 Å². The van der Waals surface area contributed by atoms with Gasteiger partial charge < -0.3 is 9.84 Å². The number of aliphatic imine (C=N–C) groups is 1. The third kappa shape index (κ3) is 2.75. The number of thiazole rings is 1. The molecule has 0 unspecified atom stereocenters. The molecule has 0 aliphatic rings. The molecule has 1 aromatic heterocycles. The van der Waals surface area contributed by atoms with Gasteiger partial charge in [0.05, 0.1) is 13.3 Å². The number of benzene rings is 1. The molecule has 2 aromatic rings. The molecular weight excluding hydrogens is 276 g/mol. The van der Waals surface area contributed by atoms with Crippen molar-refractivity contribution in [2.75, 3.05) is 7.11 Å². The van der Waals surface area contributed by atoms with Crippen LogP contribution in [0.15, 0.2) is 34.1 Å². The van der Waals surface area contributed by atoms with Gasteiger partial charge in [-0.05, 0) is 26.0 Å². The second-order valence-corrected chi connectivity index (χ2v) is 5.44. The zero-order valence-corrected chi connectivity index (χ0v) is 12.3. The van der Waals surface area contributed by atoms with Gasteiger partial charge in [-0.25, -0.2) is 0 Å². The maximum absolute atomic E-state index is 11.8. The van der Waals surface area contributed by atoms with Crippen LogP contribution < -0.4 is 9.61 Å². The maximum atomic E-state index is 11.8. The monoisotopic (exact) mass is 292 g/mol. The summed E-state index contributed by atoms with van der Waals surface area (Å²) in [5.74, 6) is 0.590. The summed E-state index contributed by atoms with van der Waals surface area (Å²) >= 11 is 0.969. The summed E-state index contributed by atoms with van der Waals surface area (Å²) in [6.45, 7) is 3.68. The number of methoxy groups -OCH3 is 1. The van der Waals surface area contributed by atoms with Crippen molar-refractivity contribution in [1.29, 1.82) is 0 Å². The third-order valence-corrected chi connectivity index (χ3v) is 3.64. The SMILES string of the molecule is COc1ccccc1N=Cc1sc(=O)n(C(C)C)c1O. The van der Waals surface area contributed by atoms with Gasteiger partial charge in [0.25, 0.3) is 0 Å². The van der Waals surface area contributed by atoms with Crippen molar-refractivity contribution in [2.45, 2.75) is 19.9 Å². The van der Waals surface area contributed by atoms with Gasteiger partial charge in [-0.15, -0.1) is 0 Å². The van der Waals surface area contributed by atoms with E-state index in [1.165, 1.54) is 10.8 Å². The van der Waals surface area contributed by atoms with Crippen molar-refractivity contribution in [3.05, 3.63) is 38.8 Å². The van der Waals surface area contributed by atoms with Crippen LogP contribution >= 0.6 is 11.3 Å². The van der Waals surface area contributed by atoms with Gasteiger partial charge in [0.2, 0.25) is 5.88 Å². The van der Waals surface area contributed by atoms with Crippen LogP contribution in [0.25, 0.3) is 0 Å². The zero-order valence-electron chi connectivity index (χ0n) is 11.5. The maximum Gasteiger partial charge on any atom is 0.310 e. The number of ether oxygens (including phenoxy) is 1. The van der Waals surface area contributed by atoms with Gasteiger partial charge >= 0.3 is 4.87 Å². The smallest absolute Gasteiger partial charge is 0.310 e. The van der Waals surface area contributed by atoms with Gasteiger partial charge in [-0.2, -0.15) is 0 Å². The van der Waals surface area contributed by atoms with Crippen molar-refractivity contribution in [3.63, 3.8) is 0 Å². The predicted octanol–water partition coefficient (Wildman–Crippen LogP) is 2.96. The van der Waals surface area contributed by atoms with Crippen LogP contribution in [0, 0.1) is 0 Å². The van der Waals surface area contributed by atoms with Gasteiger partial charge in [0.15, 0.2) is 0 Å². The van der Waals surface area contributed by atoms with E-state index in [1.54, 1.807) is 19.2 Å². The highest BCUT2D eigenvalue weighted by molar-refractivity contribution is 7.11. The largest absolute Gasteiger partial charge is 0.494 e. The first kappa shape index (κ1) is 14.3. The van der Waals surface area contributed by atoms with E-state index in [9.17, 15) is 9.90 Å². The number of rotatable bonds is 4. The topological polar surface area (TPSA) is 63.8 Å². The summed E-state index contributed by atoms with van der Waals surface area (Å²) in [5.41, 5.74) is 0.645. The number of aromatic hydroxyl groups is 1. The molecule has 0 saturated heterocycles. The van der Waals surface area contributed by atoms with Crippen molar-refractivity contribution in [3.8, 4) is 11.6 Å². The summed E-state index contributed by atoms with van der Waals surface area (Å²) < 4.78 is 6.53. The standard InChI is InChI=1S/C14H16N2O3S/c1-9(2)16-13(17)12(20-14(16)18)8-15-10-6-4-5-7-11(10)19-3/h4-9,17H,1-3H3. The molecule has 0 bridgehead atoms. The van der Waals surface area contributed by atoms with E-state index in [0.29, 0.717) is 16.3 Å². The second-order valence-electron chi connectivity index (χ2n) is 4.45. The molecule has 1 aromatic carbocycles. The van der Waals surface area contributed by atoms with Crippen LogP contribution in [-0.4, -0.2) is 23.0 Å². The lowest BCUT2D eigenvalue weighted by Crippen LogP contribution is -2.14. The van der Waals surface area contributed by atoms with E-state index in [1.807, 2.05) is 26.0 Å². The molecule has 0 aliphatic carbocycles. The quantitative estimate of drug-likeness (QED) is 0.881. The van der Waals surface area contributed by atoms with Crippen molar-refractivity contribution in [1.82, 2.24) is 4.57 Å². The predicted molar refractivity (Wildman–Crippen MR) is 80.9 cm³/mol. The van der Waals surface area contributed by atoms with Crippen LogP contribution in [0.2, 0.25) is 0 Å². The minimum Gasteiger partial charge on any atom is -0.494 e. The van der Waals surface area contributed by atoms with E-state index in [0.717, 1.165) is 11.3 Å². The van der Waals surface area contributed by atoms with E-state index >= 15 is 0 Å². The number of nitrogens with zero attached hydrogens (tertiary/aromatic N) is 2. The summed E-state index contributed by atoms with van der Waals surface area (Å²) in [6, 6.07) is 7.20. The van der Waals surface area contributed by atoms with Crippen molar-refractivity contribution in [2.24, 2.45) is 4.99 Å². The molecule has 0 aliphatic heterocycles. The van der Waals surface area contributed by atoms with Crippen LogP contribution in [-0.2, 0) is 0 Å². The summed E-state index contributed by atoms with van der Waals surface area (Å²) in [7, 11) is 1.57. The molecule has 0 atom stereocenters. The Morgan fingerprint density at radius 2 is 2.10 bits per heavy atom. The lowest BCUT2D eigenvalue weighted by atomic mass is 10.3. The highest BCUT2D eigenvalue weighted by Gasteiger charge is 2.14. The number of aromatic nitrogens is 1. The summed E-state index contributed by atoms with van der Waals surface area (Å²) in [5, 5.41) is 10.0. The molecule has 0 spiro atoms. The Morgan fingerprint density at radius 3 is 2.70 bits per heavy atom. The van der Waals surface area contributed by atoms with E-state index in [4.69, 9.17) is 4.74 Å². The molecule has 1 N–H and O–H groups in total. The van der Waals surface area contributed by atoms with E-state index < -0.39 is 0 Å². The molecule has 0 radical (unpaired) electrons. The molecule has 20 heavy (non-hydrogen) atoms. The molecule has 0 fully saturated rings. The molecule has 0 saturated carbocycles. The Morgan fingerprint density at radius 1 is 1.40 bits per heavy atom. The average Bonchev–Trinajstić information content (AvgIpc) is 2.71. The third-order valence-electron chi connectivity index (χ3n) is 2.76. The summed E-state index contributed by atoms with van der Waals surface area (Å²) in [6.07, 6.45) is 1.48. The lowest BCUT2D eigenvalue weighted by Gasteiger charge is -2.06. The normalized spacial score (nSPS) is 11.4. The zero-order chi connectivity index (χ0) is 14.7. The molecule has 5 nitrogen and oxygen atoms in total. The molecular formula is C14H16N2O3S. The second kappa shape index (κ2) is 5.92. The minimum atomic E-state index is -0.195. The fourth-order valence-electron chi connectivity index (χ4n) is 1.80. The van der Waals surface area contributed by atoms with E-state index in [-0.39, 0.29) is 16.8 Å². The molecule has 1 heterocycles. The lowest BCUT2D eigenvalue weighted by molar-refractivity contribution is 0.395.